The van der Waals surface area contributed by atoms with Crippen LogP contribution in [0, 0.1) is 23.7 Å². The van der Waals surface area contributed by atoms with Crippen molar-refractivity contribution >= 4 is 6.29 Å². The number of aldehydes is 1. The van der Waals surface area contributed by atoms with Crippen molar-refractivity contribution in [3.05, 3.63) is 12.2 Å². The fraction of sp³-hybridized carbons (Fsp3) is 0.750. The highest BCUT2D eigenvalue weighted by Gasteiger charge is 2.43. The molecule has 0 radical (unpaired) electrons. The number of allylic oxidation sites excluding steroid dienone is 2. The molecule has 1 saturated carbocycles. The van der Waals surface area contributed by atoms with Crippen LogP contribution in [0.1, 0.15) is 32.6 Å². The molecule has 13 heavy (non-hydrogen) atoms. The van der Waals surface area contributed by atoms with E-state index in [-0.39, 0.29) is 0 Å². The summed E-state index contributed by atoms with van der Waals surface area (Å²) in [5.74, 6) is 2.34. The Bertz CT molecular complexity index is 219. The van der Waals surface area contributed by atoms with E-state index in [0.29, 0.717) is 17.8 Å². The summed E-state index contributed by atoms with van der Waals surface area (Å²) in [5, 5.41) is 0. The first-order valence-corrected chi connectivity index (χ1v) is 5.50. The molecule has 4 unspecified atom stereocenters. The van der Waals surface area contributed by atoms with Crippen molar-refractivity contribution in [2.45, 2.75) is 32.6 Å². The van der Waals surface area contributed by atoms with E-state index in [1.807, 2.05) is 0 Å². The number of carbonyl (C=O) groups excluding carboxylic acids is 1. The second-order valence-electron chi connectivity index (χ2n) is 4.47. The van der Waals surface area contributed by atoms with E-state index >= 15 is 0 Å². The van der Waals surface area contributed by atoms with Crippen molar-refractivity contribution in [2.75, 3.05) is 0 Å². The Kier molecular flexibility index (Phi) is 2.52. The minimum absolute atomic E-state index is 0.349. The van der Waals surface area contributed by atoms with E-state index in [1.54, 1.807) is 0 Å². The highest BCUT2D eigenvalue weighted by Crippen LogP contribution is 2.48. The monoisotopic (exact) mass is 178 g/mol. The van der Waals surface area contributed by atoms with Crippen LogP contribution in [0.15, 0.2) is 12.2 Å². The van der Waals surface area contributed by atoms with Crippen LogP contribution < -0.4 is 0 Å². The molecule has 0 saturated heterocycles. The number of fused-ring (bicyclic) bond motifs is 2. The van der Waals surface area contributed by atoms with Gasteiger partial charge in [0.05, 0.1) is 0 Å². The SMILES string of the molecule is CCCCC1C2C=CC(C2)C1C=O. The maximum absolute atomic E-state index is 10.9. The summed E-state index contributed by atoms with van der Waals surface area (Å²) in [5.41, 5.74) is 0. The number of unbranched alkanes of at least 4 members (excludes halogenated alkanes) is 1. The van der Waals surface area contributed by atoms with Crippen LogP contribution in [-0.2, 0) is 4.79 Å². The van der Waals surface area contributed by atoms with Gasteiger partial charge in [0.1, 0.15) is 6.29 Å². The standard InChI is InChI=1S/C12H18O/c1-2-3-4-11-9-5-6-10(7-9)12(11)8-13/h5-6,8-12H,2-4,7H2,1H3. The maximum atomic E-state index is 10.9. The summed E-state index contributed by atoms with van der Waals surface area (Å²) in [7, 11) is 0. The van der Waals surface area contributed by atoms with Gasteiger partial charge in [0, 0.05) is 5.92 Å². The van der Waals surface area contributed by atoms with Crippen molar-refractivity contribution in [1.29, 1.82) is 0 Å². The van der Waals surface area contributed by atoms with Crippen LogP contribution in [0.2, 0.25) is 0 Å². The fourth-order valence-electron chi connectivity index (χ4n) is 3.01. The molecule has 1 nitrogen and oxygen atoms in total. The van der Waals surface area contributed by atoms with Gasteiger partial charge < -0.3 is 4.79 Å². The van der Waals surface area contributed by atoms with Crippen molar-refractivity contribution in [3.8, 4) is 0 Å². The first-order valence-electron chi connectivity index (χ1n) is 5.50. The summed E-state index contributed by atoms with van der Waals surface area (Å²) >= 11 is 0. The zero-order chi connectivity index (χ0) is 9.26. The molecule has 4 atom stereocenters. The molecule has 2 aliphatic rings. The highest BCUT2D eigenvalue weighted by molar-refractivity contribution is 5.57. The Morgan fingerprint density at radius 1 is 1.38 bits per heavy atom. The lowest BCUT2D eigenvalue weighted by atomic mass is 9.81. The van der Waals surface area contributed by atoms with E-state index in [2.05, 4.69) is 19.1 Å². The average Bonchev–Trinajstić information content (AvgIpc) is 2.73. The van der Waals surface area contributed by atoms with E-state index < -0.39 is 0 Å². The quantitative estimate of drug-likeness (QED) is 0.478. The number of hydrogen-bond acceptors (Lipinski definition) is 1. The first kappa shape index (κ1) is 8.98. The lowest BCUT2D eigenvalue weighted by Crippen LogP contribution is -2.20. The summed E-state index contributed by atoms with van der Waals surface area (Å²) in [6, 6.07) is 0. The van der Waals surface area contributed by atoms with Gasteiger partial charge in [-0.05, 0) is 30.6 Å². The maximum Gasteiger partial charge on any atom is 0.123 e. The first-order chi connectivity index (χ1) is 6.36. The normalized spacial score (nSPS) is 41.3. The molecule has 0 amide bonds. The van der Waals surface area contributed by atoms with Gasteiger partial charge in [-0.3, -0.25) is 0 Å². The van der Waals surface area contributed by atoms with Crippen molar-refractivity contribution in [3.63, 3.8) is 0 Å². The lowest BCUT2D eigenvalue weighted by molar-refractivity contribution is -0.113. The largest absolute Gasteiger partial charge is 0.303 e. The zero-order valence-corrected chi connectivity index (χ0v) is 8.28. The number of rotatable bonds is 4. The van der Waals surface area contributed by atoms with Crippen LogP contribution in [0.25, 0.3) is 0 Å². The van der Waals surface area contributed by atoms with Crippen molar-refractivity contribution in [1.82, 2.24) is 0 Å². The summed E-state index contributed by atoms with van der Waals surface area (Å²) in [6.45, 7) is 2.22. The van der Waals surface area contributed by atoms with E-state index in [0.717, 1.165) is 5.92 Å². The molecular formula is C12H18O. The zero-order valence-electron chi connectivity index (χ0n) is 8.28. The Labute approximate surface area is 80.2 Å². The molecule has 1 heteroatoms. The molecule has 1 fully saturated rings. The number of carbonyl (C=O) groups is 1. The topological polar surface area (TPSA) is 17.1 Å². The minimum atomic E-state index is 0.349. The van der Waals surface area contributed by atoms with Gasteiger partial charge in [-0.1, -0.05) is 31.9 Å². The molecule has 0 aliphatic heterocycles. The molecule has 2 aliphatic carbocycles. The third-order valence-corrected chi connectivity index (χ3v) is 3.74. The summed E-state index contributed by atoms with van der Waals surface area (Å²) in [6.07, 6.45) is 10.8. The molecule has 0 aromatic rings. The van der Waals surface area contributed by atoms with E-state index in [1.165, 1.54) is 32.0 Å². The van der Waals surface area contributed by atoms with Gasteiger partial charge in [0.15, 0.2) is 0 Å². The summed E-state index contributed by atoms with van der Waals surface area (Å²) in [4.78, 5) is 10.9. The van der Waals surface area contributed by atoms with Gasteiger partial charge in [0.25, 0.3) is 0 Å². The fourth-order valence-corrected chi connectivity index (χ4v) is 3.01. The van der Waals surface area contributed by atoms with Gasteiger partial charge in [-0.25, -0.2) is 0 Å². The van der Waals surface area contributed by atoms with Crippen LogP contribution >= 0.6 is 0 Å². The third-order valence-electron chi connectivity index (χ3n) is 3.74. The second-order valence-corrected chi connectivity index (χ2v) is 4.47. The smallest absolute Gasteiger partial charge is 0.123 e. The molecule has 2 bridgehead atoms. The van der Waals surface area contributed by atoms with Crippen LogP contribution in [0.3, 0.4) is 0 Å². The second kappa shape index (κ2) is 3.65. The molecule has 0 aromatic heterocycles. The van der Waals surface area contributed by atoms with Crippen LogP contribution in [0.5, 0.6) is 0 Å². The lowest BCUT2D eigenvalue weighted by Gasteiger charge is -2.23. The predicted molar refractivity (Wildman–Crippen MR) is 53.3 cm³/mol. The van der Waals surface area contributed by atoms with Gasteiger partial charge >= 0.3 is 0 Å². The average molecular weight is 178 g/mol. The van der Waals surface area contributed by atoms with E-state index in [9.17, 15) is 4.79 Å². The molecule has 0 N–H and O–H groups in total. The highest BCUT2D eigenvalue weighted by atomic mass is 16.1. The molecular weight excluding hydrogens is 160 g/mol. The molecule has 2 rings (SSSR count). The Morgan fingerprint density at radius 2 is 2.15 bits per heavy atom. The van der Waals surface area contributed by atoms with Crippen molar-refractivity contribution in [2.24, 2.45) is 23.7 Å². The van der Waals surface area contributed by atoms with Gasteiger partial charge in [0.2, 0.25) is 0 Å². The Balaban J connectivity index is 2.01. The summed E-state index contributed by atoms with van der Waals surface area (Å²) < 4.78 is 0. The van der Waals surface area contributed by atoms with Crippen LogP contribution in [-0.4, -0.2) is 6.29 Å². The van der Waals surface area contributed by atoms with Gasteiger partial charge in [-0.15, -0.1) is 0 Å². The third kappa shape index (κ3) is 1.45. The van der Waals surface area contributed by atoms with E-state index in [4.69, 9.17) is 0 Å². The van der Waals surface area contributed by atoms with Crippen LogP contribution in [0.4, 0.5) is 0 Å². The number of hydrogen-bond donors (Lipinski definition) is 0. The van der Waals surface area contributed by atoms with Gasteiger partial charge in [-0.2, -0.15) is 0 Å². The molecule has 0 spiro atoms. The minimum Gasteiger partial charge on any atom is -0.303 e. The van der Waals surface area contributed by atoms with Crippen molar-refractivity contribution < 1.29 is 4.79 Å². The molecule has 0 heterocycles. The Hall–Kier alpha value is -0.590. The molecule has 0 aromatic carbocycles. The molecule has 72 valence electrons. The predicted octanol–water partition coefficient (Wildman–Crippen LogP) is 2.81. The Morgan fingerprint density at radius 3 is 2.85 bits per heavy atom.